The van der Waals surface area contributed by atoms with Crippen LogP contribution in [0.1, 0.15) is 12.8 Å². The molecule has 1 aromatic heterocycles. The quantitative estimate of drug-likeness (QED) is 0.573. The van der Waals surface area contributed by atoms with Crippen LogP contribution < -0.4 is 5.30 Å². The average molecular weight is 325 g/mol. The van der Waals surface area contributed by atoms with E-state index in [0.29, 0.717) is 10.9 Å². The number of hydrogen-bond acceptors (Lipinski definition) is 3. The molecule has 7 nitrogen and oxygen atoms in total. The van der Waals surface area contributed by atoms with Gasteiger partial charge < -0.3 is 20.1 Å². The SMILES string of the molecule is O=C(O)CCC(CP(=O)(O)c1cccc2[nH]ccc12)C(=O)O. The van der Waals surface area contributed by atoms with Crippen molar-refractivity contribution in [1.29, 1.82) is 0 Å². The summed E-state index contributed by atoms with van der Waals surface area (Å²) in [5.41, 5.74) is 0.684. The molecule has 0 spiro atoms. The van der Waals surface area contributed by atoms with Crippen LogP contribution in [-0.4, -0.2) is 38.2 Å². The lowest BCUT2D eigenvalue weighted by atomic mass is 10.1. The third-order valence-electron chi connectivity index (χ3n) is 3.47. The van der Waals surface area contributed by atoms with E-state index in [1.54, 1.807) is 24.4 Å². The minimum atomic E-state index is -3.92. The number of hydrogen-bond donors (Lipinski definition) is 4. The number of carboxylic acid groups (broad SMARTS) is 2. The largest absolute Gasteiger partial charge is 0.481 e. The van der Waals surface area contributed by atoms with Crippen LogP contribution in [0, 0.1) is 5.92 Å². The minimum Gasteiger partial charge on any atom is -0.481 e. The fraction of sp³-hybridized carbons (Fsp3) is 0.286. The van der Waals surface area contributed by atoms with Crippen molar-refractivity contribution in [3.63, 3.8) is 0 Å². The molecule has 0 saturated carbocycles. The van der Waals surface area contributed by atoms with Crippen molar-refractivity contribution in [3.05, 3.63) is 30.5 Å². The van der Waals surface area contributed by atoms with Crippen molar-refractivity contribution in [1.82, 2.24) is 4.98 Å². The molecule has 4 N–H and O–H groups in total. The molecule has 0 bridgehead atoms. The number of H-pyrrole nitrogens is 1. The summed E-state index contributed by atoms with van der Waals surface area (Å²) in [4.78, 5) is 35.0. The fourth-order valence-electron chi connectivity index (χ4n) is 2.36. The van der Waals surface area contributed by atoms with E-state index in [2.05, 4.69) is 4.98 Å². The molecular formula is C14H16NO6P. The molecule has 0 fully saturated rings. The van der Waals surface area contributed by atoms with Gasteiger partial charge in [0.2, 0.25) is 7.37 Å². The molecule has 0 radical (unpaired) electrons. The van der Waals surface area contributed by atoms with Crippen LogP contribution in [0.15, 0.2) is 30.5 Å². The molecule has 8 heteroatoms. The molecule has 1 heterocycles. The number of rotatable bonds is 7. The first-order chi connectivity index (χ1) is 10.3. The van der Waals surface area contributed by atoms with Gasteiger partial charge in [-0.1, -0.05) is 6.07 Å². The van der Waals surface area contributed by atoms with Gasteiger partial charge in [-0.25, -0.2) is 0 Å². The first-order valence-electron chi connectivity index (χ1n) is 6.64. The van der Waals surface area contributed by atoms with E-state index in [1.165, 1.54) is 6.07 Å². The smallest absolute Gasteiger partial charge is 0.307 e. The lowest BCUT2D eigenvalue weighted by Crippen LogP contribution is -2.22. The van der Waals surface area contributed by atoms with Gasteiger partial charge in [0, 0.05) is 35.0 Å². The van der Waals surface area contributed by atoms with Crippen molar-refractivity contribution >= 4 is 35.5 Å². The molecule has 1 aromatic carbocycles. The molecule has 2 atom stereocenters. The Morgan fingerprint density at radius 3 is 2.59 bits per heavy atom. The molecule has 2 aromatic rings. The van der Waals surface area contributed by atoms with E-state index in [0.717, 1.165) is 0 Å². The Hall–Kier alpha value is -2.11. The topological polar surface area (TPSA) is 128 Å². The number of carboxylic acids is 2. The number of benzene rings is 1. The molecule has 0 aliphatic carbocycles. The van der Waals surface area contributed by atoms with Crippen LogP contribution in [0.5, 0.6) is 0 Å². The van der Waals surface area contributed by atoms with Crippen molar-refractivity contribution in [3.8, 4) is 0 Å². The maximum absolute atomic E-state index is 12.6. The van der Waals surface area contributed by atoms with Gasteiger partial charge in [0.1, 0.15) is 0 Å². The van der Waals surface area contributed by atoms with Crippen LogP contribution in [-0.2, 0) is 14.2 Å². The van der Waals surface area contributed by atoms with E-state index >= 15 is 0 Å². The summed E-state index contributed by atoms with van der Waals surface area (Å²) in [6, 6.07) is 6.51. The predicted octanol–water partition coefficient (Wildman–Crippen LogP) is 1.63. The zero-order chi connectivity index (χ0) is 16.3. The van der Waals surface area contributed by atoms with E-state index < -0.39 is 31.4 Å². The summed E-state index contributed by atoms with van der Waals surface area (Å²) in [7, 11) is -3.92. The Labute approximate surface area is 126 Å². The van der Waals surface area contributed by atoms with Gasteiger partial charge in [0.05, 0.1) is 5.92 Å². The lowest BCUT2D eigenvalue weighted by molar-refractivity contribution is -0.142. The van der Waals surface area contributed by atoms with Gasteiger partial charge in [-0.2, -0.15) is 0 Å². The summed E-state index contributed by atoms with van der Waals surface area (Å²) >= 11 is 0. The van der Waals surface area contributed by atoms with Gasteiger partial charge in [-0.15, -0.1) is 0 Å². The number of aromatic nitrogens is 1. The average Bonchev–Trinajstić information content (AvgIpc) is 2.90. The Morgan fingerprint density at radius 1 is 1.23 bits per heavy atom. The van der Waals surface area contributed by atoms with E-state index in [9.17, 15) is 19.0 Å². The maximum atomic E-state index is 12.6. The van der Waals surface area contributed by atoms with Gasteiger partial charge >= 0.3 is 11.9 Å². The van der Waals surface area contributed by atoms with Gasteiger partial charge in [0.15, 0.2) is 0 Å². The number of aliphatic carboxylic acids is 2. The molecular weight excluding hydrogens is 309 g/mol. The van der Waals surface area contributed by atoms with Crippen LogP contribution in [0.2, 0.25) is 0 Å². The summed E-state index contributed by atoms with van der Waals surface area (Å²) in [5.74, 6) is -3.58. The van der Waals surface area contributed by atoms with Crippen LogP contribution >= 0.6 is 7.37 Å². The van der Waals surface area contributed by atoms with Gasteiger partial charge in [0.25, 0.3) is 0 Å². The van der Waals surface area contributed by atoms with E-state index in [1.807, 2.05) is 0 Å². The van der Waals surface area contributed by atoms with Crippen LogP contribution in [0.4, 0.5) is 0 Å². The highest BCUT2D eigenvalue weighted by Gasteiger charge is 2.32. The van der Waals surface area contributed by atoms with Crippen molar-refractivity contribution in [2.75, 3.05) is 6.16 Å². The molecule has 22 heavy (non-hydrogen) atoms. The van der Waals surface area contributed by atoms with Crippen LogP contribution in [0.25, 0.3) is 10.9 Å². The van der Waals surface area contributed by atoms with Gasteiger partial charge in [-0.05, 0) is 24.6 Å². The summed E-state index contributed by atoms with van der Waals surface area (Å²) in [6.45, 7) is 0. The molecule has 0 saturated heterocycles. The Balaban J connectivity index is 2.28. The zero-order valence-electron chi connectivity index (χ0n) is 11.6. The molecule has 2 unspecified atom stereocenters. The minimum absolute atomic E-state index is 0.182. The monoisotopic (exact) mass is 325 g/mol. The first-order valence-corrected chi connectivity index (χ1v) is 8.49. The van der Waals surface area contributed by atoms with E-state index in [4.69, 9.17) is 10.2 Å². The summed E-state index contributed by atoms with van der Waals surface area (Å²) in [5, 5.41) is 18.5. The standard InChI is InChI=1S/C14H16NO6P/c16-13(17)5-4-9(14(18)19)8-22(20,21)12-3-1-2-11-10(12)6-7-15-11/h1-3,6-7,9,15H,4-5,8H2,(H,16,17)(H,18,19)(H,20,21). The lowest BCUT2D eigenvalue weighted by Gasteiger charge is -2.17. The zero-order valence-corrected chi connectivity index (χ0v) is 12.5. The highest BCUT2D eigenvalue weighted by atomic mass is 31.2. The highest BCUT2D eigenvalue weighted by Crippen LogP contribution is 2.44. The summed E-state index contributed by atoms with van der Waals surface area (Å²) in [6.07, 6.45) is 0.608. The third-order valence-corrected chi connectivity index (χ3v) is 5.55. The normalized spacial score (nSPS) is 15.3. The van der Waals surface area contributed by atoms with Crippen molar-refractivity contribution in [2.45, 2.75) is 12.8 Å². The second-order valence-corrected chi connectivity index (χ2v) is 7.32. The van der Waals surface area contributed by atoms with Crippen molar-refractivity contribution < 1.29 is 29.3 Å². The Bertz CT molecular complexity index is 753. The fourth-order valence-corrected chi connectivity index (χ4v) is 4.38. The molecule has 118 valence electrons. The Morgan fingerprint density at radius 2 is 1.95 bits per heavy atom. The second-order valence-electron chi connectivity index (χ2n) is 5.07. The van der Waals surface area contributed by atoms with Crippen LogP contribution in [0.3, 0.4) is 0 Å². The predicted molar refractivity (Wildman–Crippen MR) is 80.6 cm³/mol. The Kier molecular flexibility index (Phi) is 4.68. The highest BCUT2D eigenvalue weighted by molar-refractivity contribution is 7.66. The number of fused-ring (bicyclic) bond motifs is 1. The first kappa shape index (κ1) is 16.3. The number of aromatic amines is 1. The molecule has 0 aliphatic rings. The van der Waals surface area contributed by atoms with Crippen molar-refractivity contribution in [2.24, 2.45) is 5.92 Å². The number of carbonyl (C=O) groups is 2. The molecule has 2 rings (SSSR count). The summed E-state index contributed by atoms with van der Waals surface area (Å²) < 4.78 is 12.6. The number of nitrogens with one attached hydrogen (secondary N) is 1. The van der Waals surface area contributed by atoms with E-state index in [-0.39, 0.29) is 18.1 Å². The molecule has 0 aliphatic heterocycles. The molecule has 0 amide bonds. The van der Waals surface area contributed by atoms with Gasteiger partial charge in [-0.3, -0.25) is 14.2 Å². The second kappa shape index (κ2) is 6.34. The maximum Gasteiger partial charge on any atom is 0.307 e. The third kappa shape index (κ3) is 3.55.